The van der Waals surface area contributed by atoms with E-state index in [9.17, 15) is 4.79 Å². The average Bonchev–Trinajstić information content (AvgIpc) is 3.21. The smallest absolute Gasteiger partial charge is 0.219 e. The Bertz CT molecular complexity index is 885. The second kappa shape index (κ2) is 7.76. The summed E-state index contributed by atoms with van der Waals surface area (Å²) in [5.74, 6) is 1.92. The Hall–Kier alpha value is -2.04. The third-order valence-electron chi connectivity index (χ3n) is 6.31. The molecule has 2 aromatic carbocycles. The molecule has 2 heterocycles. The van der Waals surface area contributed by atoms with E-state index in [0.29, 0.717) is 11.8 Å². The molecule has 148 valence electrons. The van der Waals surface area contributed by atoms with Gasteiger partial charge in [-0.3, -0.25) is 9.69 Å². The number of hydrogen-bond acceptors (Lipinski definition) is 3. The van der Waals surface area contributed by atoms with Gasteiger partial charge in [-0.25, -0.2) is 0 Å². The normalized spacial score (nSPS) is 24.4. The van der Waals surface area contributed by atoms with Crippen LogP contribution in [0.4, 0.5) is 0 Å². The van der Waals surface area contributed by atoms with Crippen LogP contribution in [0.1, 0.15) is 29.7 Å². The van der Waals surface area contributed by atoms with Crippen molar-refractivity contribution in [1.29, 1.82) is 0 Å². The minimum absolute atomic E-state index is 0.167. The van der Waals surface area contributed by atoms with Crippen molar-refractivity contribution >= 4 is 17.5 Å². The van der Waals surface area contributed by atoms with Crippen molar-refractivity contribution in [3.63, 3.8) is 0 Å². The van der Waals surface area contributed by atoms with Gasteiger partial charge in [0.15, 0.2) is 0 Å². The molecule has 0 spiro atoms. The Balaban J connectivity index is 1.55. The van der Waals surface area contributed by atoms with Crippen LogP contribution in [0, 0.1) is 18.8 Å². The number of nitrogens with zero attached hydrogens (tertiary/aromatic N) is 2. The number of ether oxygens (including phenoxy) is 1. The molecule has 2 aliphatic heterocycles. The lowest BCUT2D eigenvalue weighted by Crippen LogP contribution is -2.34. The molecule has 5 heteroatoms. The lowest BCUT2D eigenvalue weighted by Gasteiger charge is -2.30. The van der Waals surface area contributed by atoms with Crippen LogP contribution in [-0.4, -0.2) is 42.5 Å². The number of rotatable bonds is 4. The molecule has 0 radical (unpaired) electrons. The summed E-state index contributed by atoms with van der Waals surface area (Å²) in [5, 5.41) is 0.747. The number of benzene rings is 2. The Kier molecular flexibility index (Phi) is 5.35. The highest BCUT2D eigenvalue weighted by Crippen LogP contribution is 2.46. The maximum atomic E-state index is 12.3. The fourth-order valence-electron chi connectivity index (χ4n) is 4.93. The molecule has 28 heavy (non-hydrogen) atoms. The zero-order valence-corrected chi connectivity index (χ0v) is 17.4. The molecule has 2 aromatic rings. The first-order valence-electron chi connectivity index (χ1n) is 9.85. The molecule has 2 fully saturated rings. The Labute approximate surface area is 172 Å². The van der Waals surface area contributed by atoms with Gasteiger partial charge in [-0.15, -0.1) is 0 Å². The molecule has 2 aliphatic rings. The van der Waals surface area contributed by atoms with Crippen molar-refractivity contribution in [2.24, 2.45) is 11.8 Å². The maximum absolute atomic E-state index is 12.3. The minimum Gasteiger partial charge on any atom is -0.497 e. The van der Waals surface area contributed by atoms with Crippen LogP contribution < -0.4 is 4.74 Å². The molecule has 3 atom stereocenters. The van der Waals surface area contributed by atoms with E-state index in [1.165, 1.54) is 11.1 Å². The van der Waals surface area contributed by atoms with E-state index in [-0.39, 0.29) is 11.9 Å². The number of carbonyl (C=O) groups excluding carboxylic acids is 1. The van der Waals surface area contributed by atoms with Crippen LogP contribution in [0.3, 0.4) is 0 Å². The summed E-state index contributed by atoms with van der Waals surface area (Å²) in [4.78, 5) is 16.9. The monoisotopic (exact) mass is 398 g/mol. The first kappa shape index (κ1) is 19.3. The van der Waals surface area contributed by atoms with E-state index in [4.69, 9.17) is 16.3 Å². The molecule has 0 unspecified atom stereocenters. The van der Waals surface area contributed by atoms with Crippen LogP contribution in [0.5, 0.6) is 5.75 Å². The topological polar surface area (TPSA) is 32.8 Å². The van der Waals surface area contributed by atoms with Gasteiger partial charge in [0.05, 0.1) is 13.2 Å². The van der Waals surface area contributed by atoms with E-state index in [1.807, 2.05) is 12.1 Å². The highest BCUT2D eigenvalue weighted by molar-refractivity contribution is 6.31. The van der Waals surface area contributed by atoms with Gasteiger partial charge in [0, 0.05) is 44.0 Å². The highest BCUT2D eigenvalue weighted by atomic mass is 35.5. The van der Waals surface area contributed by atoms with Crippen LogP contribution in [0.25, 0.3) is 0 Å². The largest absolute Gasteiger partial charge is 0.497 e. The van der Waals surface area contributed by atoms with Crippen LogP contribution >= 0.6 is 11.6 Å². The first-order valence-corrected chi connectivity index (χ1v) is 10.2. The molecule has 2 saturated heterocycles. The lowest BCUT2D eigenvalue weighted by atomic mass is 9.87. The Morgan fingerprint density at radius 1 is 1.18 bits per heavy atom. The number of methoxy groups -OCH3 is 1. The van der Waals surface area contributed by atoms with Crippen LogP contribution in [-0.2, 0) is 11.3 Å². The van der Waals surface area contributed by atoms with Gasteiger partial charge >= 0.3 is 0 Å². The standard InChI is InChI=1S/C23H27ClN2O2/c1-15-6-4-5-7-20(15)23-21-14-25(12-18(21)13-26(23)16(2)27)11-17-8-9-19(28-3)10-22(17)24/h4-10,18,21,23H,11-14H2,1-3H3/t18-,21-,23-/m1/s1. The summed E-state index contributed by atoms with van der Waals surface area (Å²) in [6, 6.07) is 14.5. The molecule has 0 N–H and O–H groups in total. The fourth-order valence-corrected chi connectivity index (χ4v) is 5.16. The maximum Gasteiger partial charge on any atom is 0.219 e. The molecule has 0 aromatic heterocycles. The quantitative estimate of drug-likeness (QED) is 0.769. The summed E-state index contributed by atoms with van der Waals surface area (Å²) in [5.41, 5.74) is 3.67. The summed E-state index contributed by atoms with van der Waals surface area (Å²) in [7, 11) is 1.65. The molecule has 4 rings (SSSR count). The Morgan fingerprint density at radius 3 is 2.64 bits per heavy atom. The fraction of sp³-hybridized carbons (Fsp3) is 0.435. The van der Waals surface area contributed by atoms with Crippen molar-refractivity contribution < 1.29 is 9.53 Å². The lowest BCUT2D eigenvalue weighted by molar-refractivity contribution is -0.130. The predicted octanol–water partition coefficient (Wildman–Crippen LogP) is 4.31. The van der Waals surface area contributed by atoms with Gasteiger partial charge in [0.25, 0.3) is 0 Å². The van der Waals surface area contributed by atoms with Gasteiger partial charge in [-0.05, 0) is 41.7 Å². The number of aryl methyl sites for hydroxylation is 1. The molecule has 0 bridgehead atoms. The Morgan fingerprint density at radius 2 is 1.96 bits per heavy atom. The number of amides is 1. The predicted molar refractivity (Wildman–Crippen MR) is 112 cm³/mol. The second-order valence-electron chi connectivity index (χ2n) is 8.05. The minimum atomic E-state index is 0.167. The van der Waals surface area contributed by atoms with E-state index in [0.717, 1.165) is 42.5 Å². The zero-order valence-electron chi connectivity index (χ0n) is 16.7. The number of fused-ring (bicyclic) bond motifs is 1. The van der Waals surface area contributed by atoms with Gasteiger partial charge in [-0.1, -0.05) is 41.9 Å². The van der Waals surface area contributed by atoms with E-state index in [2.05, 4.69) is 47.1 Å². The summed E-state index contributed by atoms with van der Waals surface area (Å²) in [6.07, 6.45) is 0. The van der Waals surface area contributed by atoms with Crippen LogP contribution in [0.15, 0.2) is 42.5 Å². The highest BCUT2D eigenvalue weighted by Gasteiger charge is 2.48. The van der Waals surface area contributed by atoms with Gasteiger partial charge < -0.3 is 9.64 Å². The number of halogens is 1. The van der Waals surface area contributed by atoms with Gasteiger partial charge in [0.1, 0.15) is 5.75 Å². The zero-order chi connectivity index (χ0) is 19.8. The van der Waals surface area contributed by atoms with Crippen molar-refractivity contribution in [3.8, 4) is 5.75 Å². The molecule has 1 amide bonds. The second-order valence-corrected chi connectivity index (χ2v) is 8.46. The summed E-state index contributed by atoms with van der Waals surface area (Å²) >= 11 is 6.46. The third-order valence-corrected chi connectivity index (χ3v) is 6.66. The summed E-state index contributed by atoms with van der Waals surface area (Å²) in [6.45, 7) is 7.49. The van der Waals surface area contributed by atoms with E-state index in [1.54, 1.807) is 14.0 Å². The average molecular weight is 399 g/mol. The van der Waals surface area contributed by atoms with Crippen molar-refractivity contribution in [2.75, 3.05) is 26.7 Å². The van der Waals surface area contributed by atoms with E-state index >= 15 is 0 Å². The molecule has 4 nitrogen and oxygen atoms in total. The summed E-state index contributed by atoms with van der Waals surface area (Å²) < 4.78 is 5.25. The van der Waals surface area contributed by atoms with Crippen molar-refractivity contribution in [1.82, 2.24) is 9.80 Å². The first-order chi connectivity index (χ1) is 13.5. The molecule has 0 saturated carbocycles. The molecular weight excluding hydrogens is 372 g/mol. The SMILES string of the molecule is COc1ccc(CN2C[C@@H]3CN(C(C)=O)[C@H](c4ccccc4C)[C@@H]3C2)c(Cl)c1. The number of hydrogen-bond donors (Lipinski definition) is 0. The molecular formula is C23H27ClN2O2. The molecule has 0 aliphatic carbocycles. The third kappa shape index (κ3) is 3.51. The van der Waals surface area contributed by atoms with Crippen LogP contribution in [0.2, 0.25) is 5.02 Å². The number of carbonyl (C=O) groups is 1. The van der Waals surface area contributed by atoms with E-state index < -0.39 is 0 Å². The van der Waals surface area contributed by atoms with Crippen molar-refractivity contribution in [3.05, 3.63) is 64.2 Å². The van der Waals surface area contributed by atoms with Crippen molar-refractivity contribution in [2.45, 2.75) is 26.4 Å². The van der Waals surface area contributed by atoms with Gasteiger partial charge in [-0.2, -0.15) is 0 Å². The number of likely N-dealkylation sites (tertiary alicyclic amines) is 2. The van der Waals surface area contributed by atoms with Gasteiger partial charge in [0.2, 0.25) is 5.91 Å².